The summed E-state index contributed by atoms with van der Waals surface area (Å²) in [5.74, 6) is 0. The quantitative estimate of drug-likeness (QED) is 0.755. The van der Waals surface area contributed by atoms with Crippen LogP contribution in [0.5, 0.6) is 0 Å². The molecule has 2 aromatic rings. The van der Waals surface area contributed by atoms with Gasteiger partial charge in [-0.15, -0.1) is 0 Å². The zero-order valence-corrected chi connectivity index (χ0v) is 8.80. The molecule has 0 atom stereocenters. The van der Waals surface area contributed by atoms with E-state index in [9.17, 15) is 9.59 Å². The number of rotatable bonds is 2. The first kappa shape index (κ1) is 10.4. The van der Waals surface area contributed by atoms with Crippen molar-refractivity contribution in [1.82, 2.24) is 9.55 Å². The van der Waals surface area contributed by atoms with Crippen LogP contribution in [-0.2, 0) is 6.54 Å². The highest BCUT2D eigenvalue weighted by Gasteiger charge is 2.08. The van der Waals surface area contributed by atoms with Gasteiger partial charge in [-0.2, -0.15) is 0 Å². The number of carbonyl (C=O) groups excluding carboxylic acids is 1. The summed E-state index contributed by atoms with van der Waals surface area (Å²) >= 11 is 0. The summed E-state index contributed by atoms with van der Waals surface area (Å²) in [7, 11) is 0. The summed E-state index contributed by atoms with van der Waals surface area (Å²) in [5, 5.41) is 0.381. The maximum Gasteiger partial charge on any atom is 0.201 e. The van der Waals surface area contributed by atoms with Crippen molar-refractivity contribution in [1.29, 1.82) is 0 Å². The second-order valence-electron chi connectivity index (χ2n) is 3.46. The summed E-state index contributed by atoms with van der Waals surface area (Å²) in [6.45, 7) is 2.55. The molecule has 0 unspecified atom stereocenters. The number of carbonyl (C=O) groups is 1. The standard InChI is InChI=1S/C11H11N3O2/c1-2-14-5-7(6-15)10(16)9-3-8(12)4-13-11(9)14/h3-6H,2,12H2,1H3. The minimum absolute atomic E-state index is 0.127. The van der Waals surface area contributed by atoms with Crippen molar-refractivity contribution in [2.45, 2.75) is 13.5 Å². The van der Waals surface area contributed by atoms with E-state index in [-0.39, 0.29) is 11.0 Å². The van der Waals surface area contributed by atoms with Crippen LogP contribution < -0.4 is 11.2 Å². The van der Waals surface area contributed by atoms with E-state index in [1.807, 2.05) is 6.92 Å². The average Bonchev–Trinajstić information content (AvgIpc) is 2.30. The molecule has 0 bridgehead atoms. The number of aldehydes is 1. The lowest BCUT2D eigenvalue weighted by molar-refractivity contribution is 0.112. The first-order valence-corrected chi connectivity index (χ1v) is 4.91. The third-order valence-electron chi connectivity index (χ3n) is 2.43. The Morgan fingerprint density at radius 1 is 1.56 bits per heavy atom. The number of nitrogens with two attached hydrogens (primary N) is 1. The Morgan fingerprint density at radius 2 is 2.31 bits per heavy atom. The zero-order valence-electron chi connectivity index (χ0n) is 8.80. The topological polar surface area (TPSA) is 78.0 Å². The molecular weight excluding hydrogens is 206 g/mol. The maximum absolute atomic E-state index is 11.8. The fourth-order valence-electron chi connectivity index (χ4n) is 1.64. The molecule has 0 spiro atoms. The van der Waals surface area contributed by atoms with E-state index in [4.69, 9.17) is 5.73 Å². The van der Waals surface area contributed by atoms with Crippen LogP contribution in [0.15, 0.2) is 23.3 Å². The molecule has 5 nitrogen and oxygen atoms in total. The first-order chi connectivity index (χ1) is 7.67. The largest absolute Gasteiger partial charge is 0.397 e. The summed E-state index contributed by atoms with van der Waals surface area (Å²) in [6, 6.07) is 1.55. The number of fused-ring (bicyclic) bond motifs is 1. The van der Waals surface area contributed by atoms with Crippen molar-refractivity contribution in [2.24, 2.45) is 0 Å². The van der Waals surface area contributed by atoms with Gasteiger partial charge in [0, 0.05) is 12.7 Å². The van der Waals surface area contributed by atoms with Gasteiger partial charge in [-0.05, 0) is 13.0 Å². The zero-order chi connectivity index (χ0) is 11.7. The molecule has 2 aromatic heterocycles. The average molecular weight is 217 g/mol. The van der Waals surface area contributed by atoms with Crippen molar-refractivity contribution >= 4 is 23.0 Å². The highest BCUT2D eigenvalue weighted by Crippen LogP contribution is 2.11. The first-order valence-electron chi connectivity index (χ1n) is 4.91. The van der Waals surface area contributed by atoms with Crippen LogP contribution >= 0.6 is 0 Å². The molecule has 0 aromatic carbocycles. The number of aryl methyl sites for hydroxylation is 1. The number of nitrogens with zero attached hydrogens (tertiary/aromatic N) is 2. The Morgan fingerprint density at radius 3 is 2.94 bits per heavy atom. The lowest BCUT2D eigenvalue weighted by atomic mass is 10.2. The third kappa shape index (κ3) is 1.46. The van der Waals surface area contributed by atoms with Gasteiger partial charge in [0.1, 0.15) is 5.65 Å². The van der Waals surface area contributed by atoms with Gasteiger partial charge in [0.2, 0.25) is 5.43 Å². The monoisotopic (exact) mass is 217 g/mol. The highest BCUT2D eigenvalue weighted by molar-refractivity contribution is 5.85. The smallest absolute Gasteiger partial charge is 0.201 e. The number of pyridine rings is 2. The summed E-state index contributed by atoms with van der Waals surface area (Å²) in [6.07, 6.45) is 3.56. The molecule has 0 aliphatic carbocycles. The number of hydrogen-bond acceptors (Lipinski definition) is 4. The molecule has 2 heterocycles. The lowest BCUT2D eigenvalue weighted by Crippen LogP contribution is -2.15. The third-order valence-corrected chi connectivity index (χ3v) is 2.43. The Bertz CT molecular complexity index is 616. The van der Waals surface area contributed by atoms with Gasteiger partial charge in [-0.25, -0.2) is 4.98 Å². The summed E-state index contributed by atoms with van der Waals surface area (Å²) in [4.78, 5) is 26.7. The normalized spacial score (nSPS) is 10.6. The van der Waals surface area contributed by atoms with E-state index in [1.165, 1.54) is 12.4 Å². The fourth-order valence-corrected chi connectivity index (χ4v) is 1.64. The molecule has 0 saturated heterocycles. The van der Waals surface area contributed by atoms with Gasteiger partial charge in [0.15, 0.2) is 6.29 Å². The minimum Gasteiger partial charge on any atom is -0.397 e. The van der Waals surface area contributed by atoms with Crippen molar-refractivity contribution < 1.29 is 4.79 Å². The van der Waals surface area contributed by atoms with Gasteiger partial charge in [0.25, 0.3) is 0 Å². The van der Waals surface area contributed by atoms with Crippen LogP contribution in [0, 0.1) is 0 Å². The molecule has 16 heavy (non-hydrogen) atoms. The van der Waals surface area contributed by atoms with Crippen molar-refractivity contribution in [2.75, 3.05) is 5.73 Å². The van der Waals surface area contributed by atoms with Crippen LogP contribution in [0.3, 0.4) is 0 Å². The SMILES string of the molecule is CCn1cc(C=O)c(=O)c2cc(N)cnc21. The lowest BCUT2D eigenvalue weighted by Gasteiger charge is -2.08. The van der Waals surface area contributed by atoms with Crippen LogP contribution in [0.2, 0.25) is 0 Å². The molecule has 2 rings (SSSR count). The Balaban J connectivity index is 2.97. The molecule has 0 aliphatic rings. The number of aromatic nitrogens is 2. The van der Waals surface area contributed by atoms with Gasteiger partial charge in [-0.3, -0.25) is 9.59 Å². The van der Waals surface area contributed by atoms with Crippen LogP contribution in [-0.4, -0.2) is 15.8 Å². The maximum atomic E-state index is 11.8. The molecule has 0 amide bonds. The van der Waals surface area contributed by atoms with Crippen molar-refractivity contribution in [3.05, 3.63) is 34.2 Å². The fraction of sp³-hybridized carbons (Fsp3) is 0.182. The van der Waals surface area contributed by atoms with Crippen LogP contribution in [0.4, 0.5) is 5.69 Å². The van der Waals surface area contributed by atoms with E-state index in [0.29, 0.717) is 29.6 Å². The van der Waals surface area contributed by atoms with Gasteiger partial charge >= 0.3 is 0 Å². The second-order valence-corrected chi connectivity index (χ2v) is 3.46. The molecular formula is C11H11N3O2. The Labute approximate surface area is 91.5 Å². The van der Waals surface area contributed by atoms with Crippen molar-refractivity contribution in [3.8, 4) is 0 Å². The predicted octanol–water partition coefficient (Wildman–Crippen LogP) is 0.811. The van der Waals surface area contributed by atoms with E-state index in [0.717, 1.165) is 0 Å². The molecule has 0 aliphatic heterocycles. The second kappa shape index (κ2) is 3.77. The predicted molar refractivity (Wildman–Crippen MR) is 61.5 cm³/mol. The molecule has 82 valence electrons. The van der Waals surface area contributed by atoms with Gasteiger partial charge in [-0.1, -0.05) is 0 Å². The van der Waals surface area contributed by atoms with Gasteiger partial charge in [0.05, 0.1) is 22.8 Å². The Kier molecular flexibility index (Phi) is 2.44. The van der Waals surface area contributed by atoms with Crippen LogP contribution in [0.1, 0.15) is 17.3 Å². The number of nitrogen functional groups attached to an aromatic ring is 1. The summed E-state index contributed by atoms with van der Waals surface area (Å²) in [5.41, 5.74) is 6.34. The Hall–Kier alpha value is -2.17. The molecule has 0 fully saturated rings. The van der Waals surface area contributed by atoms with E-state index in [1.54, 1.807) is 10.6 Å². The van der Waals surface area contributed by atoms with E-state index in [2.05, 4.69) is 4.98 Å². The van der Waals surface area contributed by atoms with Crippen molar-refractivity contribution in [3.63, 3.8) is 0 Å². The van der Waals surface area contributed by atoms with Crippen LogP contribution in [0.25, 0.3) is 11.0 Å². The molecule has 5 heteroatoms. The van der Waals surface area contributed by atoms with E-state index < -0.39 is 0 Å². The number of anilines is 1. The highest BCUT2D eigenvalue weighted by atomic mass is 16.1. The molecule has 0 radical (unpaired) electrons. The van der Waals surface area contributed by atoms with E-state index >= 15 is 0 Å². The summed E-state index contributed by atoms with van der Waals surface area (Å²) < 4.78 is 1.75. The number of hydrogen-bond donors (Lipinski definition) is 1. The minimum atomic E-state index is -0.325. The molecule has 0 saturated carbocycles. The van der Waals surface area contributed by atoms with Gasteiger partial charge < -0.3 is 10.3 Å². The molecule has 2 N–H and O–H groups in total.